The lowest BCUT2D eigenvalue weighted by atomic mass is 10.1. The Morgan fingerprint density at radius 3 is 2.80 bits per heavy atom. The molecule has 0 bridgehead atoms. The molecule has 0 aromatic carbocycles. The van der Waals surface area contributed by atoms with Crippen molar-refractivity contribution < 1.29 is 0 Å². The number of nitrogens with one attached hydrogen (secondary N) is 1. The third-order valence-electron chi connectivity index (χ3n) is 2.40. The molecule has 4 heteroatoms. The molecule has 1 heterocycles. The van der Waals surface area contributed by atoms with Crippen LogP contribution in [0, 0.1) is 5.92 Å². The fraction of sp³-hybridized carbons (Fsp3) is 0.727. The van der Waals surface area contributed by atoms with E-state index < -0.39 is 0 Å². The first-order valence-corrected chi connectivity index (χ1v) is 5.93. The Morgan fingerprint density at radius 1 is 1.53 bits per heavy atom. The summed E-state index contributed by atoms with van der Waals surface area (Å²) in [6, 6.07) is 0. The lowest BCUT2D eigenvalue weighted by Gasteiger charge is -2.13. The molecule has 86 valence electrons. The van der Waals surface area contributed by atoms with Gasteiger partial charge in [-0.1, -0.05) is 13.8 Å². The van der Waals surface area contributed by atoms with Crippen LogP contribution in [0.3, 0.4) is 0 Å². The fourth-order valence-corrected chi connectivity index (χ4v) is 1.37. The Bertz CT molecular complexity index is 283. The van der Waals surface area contributed by atoms with Crippen LogP contribution < -0.4 is 5.32 Å². The monoisotopic (exact) mass is 229 g/mol. The first-order chi connectivity index (χ1) is 7.13. The summed E-state index contributed by atoms with van der Waals surface area (Å²) in [6.07, 6.45) is 3.96. The standard InChI is InChI=1S/C11H20ClN3/c1-4-15-8-10(6-14-15)5-13-7-11(12)9(2)3/h6,8-9,11,13H,4-5,7H2,1-3H3. The van der Waals surface area contributed by atoms with Gasteiger partial charge in [0.1, 0.15) is 0 Å². The molecular weight excluding hydrogens is 210 g/mol. The first kappa shape index (κ1) is 12.5. The maximum absolute atomic E-state index is 6.13. The number of halogens is 1. The highest BCUT2D eigenvalue weighted by molar-refractivity contribution is 6.20. The second-order valence-corrected chi connectivity index (χ2v) is 4.66. The van der Waals surface area contributed by atoms with Crippen LogP contribution in [-0.4, -0.2) is 21.7 Å². The van der Waals surface area contributed by atoms with E-state index in [0.717, 1.165) is 19.6 Å². The molecule has 0 saturated heterocycles. The molecule has 0 aliphatic rings. The van der Waals surface area contributed by atoms with Crippen LogP contribution in [0.5, 0.6) is 0 Å². The quantitative estimate of drug-likeness (QED) is 0.759. The average molecular weight is 230 g/mol. The molecule has 0 fully saturated rings. The Labute approximate surface area is 96.8 Å². The molecule has 1 N–H and O–H groups in total. The zero-order valence-electron chi connectivity index (χ0n) is 9.70. The van der Waals surface area contributed by atoms with Gasteiger partial charge in [0.25, 0.3) is 0 Å². The topological polar surface area (TPSA) is 29.9 Å². The van der Waals surface area contributed by atoms with Gasteiger partial charge in [-0.2, -0.15) is 5.10 Å². The zero-order chi connectivity index (χ0) is 11.3. The minimum absolute atomic E-state index is 0.200. The van der Waals surface area contributed by atoms with Gasteiger partial charge in [0.2, 0.25) is 0 Å². The minimum Gasteiger partial charge on any atom is -0.311 e. The van der Waals surface area contributed by atoms with E-state index in [1.807, 2.05) is 10.9 Å². The van der Waals surface area contributed by atoms with Crippen LogP contribution in [0.2, 0.25) is 0 Å². The van der Waals surface area contributed by atoms with E-state index in [2.05, 4.69) is 37.4 Å². The summed E-state index contributed by atoms with van der Waals surface area (Å²) in [6.45, 7) is 8.96. The highest BCUT2D eigenvalue weighted by Crippen LogP contribution is 2.08. The summed E-state index contributed by atoms with van der Waals surface area (Å²) in [4.78, 5) is 0. The van der Waals surface area contributed by atoms with Crippen molar-refractivity contribution in [3.8, 4) is 0 Å². The van der Waals surface area contributed by atoms with Crippen LogP contribution in [0.15, 0.2) is 12.4 Å². The Hall–Kier alpha value is -0.540. The predicted octanol–water partition coefficient (Wildman–Crippen LogP) is 2.26. The molecule has 0 amide bonds. The smallest absolute Gasteiger partial charge is 0.0534 e. The van der Waals surface area contributed by atoms with Crippen molar-refractivity contribution in [3.63, 3.8) is 0 Å². The summed E-state index contributed by atoms with van der Waals surface area (Å²) >= 11 is 6.13. The summed E-state index contributed by atoms with van der Waals surface area (Å²) < 4.78 is 1.93. The number of hydrogen-bond acceptors (Lipinski definition) is 2. The van der Waals surface area contributed by atoms with Crippen LogP contribution in [-0.2, 0) is 13.1 Å². The second kappa shape index (κ2) is 6.13. The third-order valence-corrected chi connectivity index (χ3v) is 3.06. The van der Waals surface area contributed by atoms with Crippen molar-refractivity contribution in [1.29, 1.82) is 0 Å². The largest absolute Gasteiger partial charge is 0.311 e. The van der Waals surface area contributed by atoms with Crippen molar-refractivity contribution in [2.45, 2.75) is 39.2 Å². The molecule has 0 saturated carbocycles. The minimum atomic E-state index is 0.200. The second-order valence-electron chi connectivity index (χ2n) is 4.10. The van der Waals surface area contributed by atoms with Crippen LogP contribution in [0.25, 0.3) is 0 Å². The molecule has 1 aromatic rings. The van der Waals surface area contributed by atoms with E-state index >= 15 is 0 Å². The Morgan fingerprint density at radius 2 is 2.27 bits per heavy atom. The summed E-state index contributed by atoms with van der Waals surface area (Å²) in [7, 11) is 0. The molecule has 0 aliphatic heterocycles. The van der Waals surface area contributed by atoms with Gasteiger partial charge in [-0.15, -0.1) is 11.6 Å². The summed E-state index contributed by atoms with van der Waals surface area (Å²) in [5.41, 5.74) is 1.21. The van der Waals surface area contributed by atoms with Gasteiger partial charge in [-0.25, -0.2) is 0 Å². The maximum atomic E-state index is 6.13. The molecule has 1 atom stereocenters. The lowest BCUT2D eigenvalue weighted by molar-refractivity contribution is 0.545. The van der Waals surface area contributed by atoms with E-state index in [4.69, 9.17) is 11.6 Å². The molecule has 1 aromatic heterocycles. The van der Waals surface area contributed by atoms with E-state index in [1.54, 1.807) is 0 Å². The molecule has 3 nitrogen and oxygen atoms in total. The average Bonchev–Trinajstić information content (AvgIpc) is 2.65. The Kier molecular flexibility index (Phi) is 5.12. The van der Waals surface area contributed by atoms with Crippen molar-refractivity contribution >= 4 is 11.6 Å². The van der Waals surface area contributed by atoms with Gasteiger partial charge >= 0.3 is 0 Å². The first-order valence-electron chi connectivity index (χ1n) is 5.49. The van der Waals surface area contributed by atoms with Gasteiger partial charge in [-0.3, -0.25) is 4.68 Å². The molecule has 1 rings (SSSR count). The normalized spacial score (nSPS) is 13.4. The van der Waals surface area contributed by atoms with Crippen LogP contribution in [0.1, 0.15) is 26.3 Å². The number of hydrogen-bond donors (Lipinski definition) is 1. The van der Waals surface area contributed by atoms with E-state index in [1.165, 1.54) is 5.56 Å². The predicted molar refractivity (Wildman–Crippen MR) is 64.1 cm³/mol. The van der Waals surface area contributed by atoms with Crippen molar-refractivity contribution in [3.05, 3.63) is 18.0 Å². The number of alkyl halides is 1. The number of rotatable bonds is 6. The molecule has 15 heavy (non-hydrogen) atoms. The van der Waals surface area contributed by atoms with Gasteiger partial charge < -0.3 is 5.32 Å². The van der Waals surface area contributed by atoms with Crippen LogP contribution >= 0.6 is 11.6 Å². The molecule has 1 unspecified atom stereocenters. The number of nitrogens with zero attached hydrogens (tertiary/aromatic N) is 2. The number of aromatic nitrogens is 2. The molecule has 0 aliphatic carbocycles. The van der Waals surface area contributed by atoms with E-state index in [9.17, 15) is 0 Å². The molecular formula is C11H20ClN3. The van der Waals surface area contributed by atoms with Gasteiger partial charge in [-0.05, 0) is 12.8 Å². The number of aryl methyl sites for hydroxylation is 1. The Balaban J connectivity index is 2.25. The molecule has 0 spiro atoms. The van der Waals surface area contributed by atoms with Crippen molar-refractivity contribution in [1.82, 2.24) is 15.1 Å². The third kappa shape index (κ3) is 4.22. The van der Waals surface area contributed by atoms with Gasteiger partial charge in [0, 0.05) is 36.8 Å². The van der Waals surface area contributed by atoms with E-state index in [0.29, 0.717) is 5.92 Å². The van der Waals surface area contributed by atoms with Crippen molar-refractivity contribution in [2.24, 2.45) is 5.92 Å². The van der Waals surface area contributed by atoms with Crippen LogP contribution in [0.4, 0.5) is 0 Å². The highest BCUT2D eigenvalue weighted by atomic mass is 35.5. The zero-order valence-corrected chi connectivity index (χ0v) is 10.5. The maximum Gasteiger partial charge on any atom is 0.0534 e. The molecule has 0 radical (unpaired) electrons. The highest BCUT2D eigenvalue weighted by Gasteiger charge is 2.08. The summed E-state index contributed by atoms with van der Waals surface area (Å²) in [5, 5.41) is 7.75. The van der Waals surface area contributed by atoms with Gasteiger partial charge in [0.05, 0.1) is 6.20 Å². The SMILES string of the molecule is CCn1cc(CNCC(Cl)C(C)C)cn1. The van der Waals surface area contributed by atoms with E-state index in [-0.39, 0.29) is 5.38 Å². The lowest BCUT2D eigenvalue weighted by Crippen LogP contribution is -2.26. The van der Waals surface area contributed by atoms with Gasteiger partial charge in [0.15, 0.2) is 0 Å². The summed E-state index contributed by atoms with van der Waals surface area (Å²) in [5.74, 6) is 0.512. The fourth-order valence-electron chi connectivity index (χ4n) is 1.26. The van der Waals surface area contributed by atoms with Crippen molar-refractivity contribution in [2.75, 3.05) is 6.54 Å².